The topological polar surface area (TPSA) is 121 Å². The van der Waals surface area contributed by atoms with E-state index in [0.29, 0.717) is 29.7 Å². The fraction of sp³-hybridized carbons (Fsp3) is 0.412. The van der Waals surface area contributed by atoms with Gasteiger partial charge >= 0.3 is 11.7 Å². The number of aromatic amines is 1. The molecule has 1 amide bonds. The van der Waals surface area contributed by atoms with E-state index in [9.17, 15) is 24.3 Å². The molecule has 1 aromatic carbocycles. The first-order valence-corrected chi connectivity index (χ1v) is 9.44. The minimum atomic E-state index is -1.28. The van der Waals surface area contributed by atoms with Crippen molar-refractivity contribution >= 4 is 34.5 Å². The van der Waals surface area contributed by atoms with E-state index in [0.717, 1.165) is 4.57 Å². The molecule has 0 saturated carbocycles. The summed E-state index contributed by atoms with van der Waals surface area (Å²) in [5.74, 6) is -0.268. The summed E-state index contributed by atoms with van der Waals surface area (Å²) in [4.78, 5) is 51.1. The summed E-state index contributed by atoms with van der Waals surface area (Å²) < 4.78 is 1.07. The van der Waals surface area contributed by atoms with Crippen molar-refractivity contribution in [1.82, 2.24) is 14.9 Å². The van der Waals surface area contributed by atoms with Gasteiger partial charge in [0.25, 0.3) is 11.5 Å². The molecule has 8 nitrogen and oxygen atoms in total. The van der Waals surface area contributed by atoms with Gasteiger partial charge in [0, 0.05) is 12.1 Å². The summed E-state index contributed by atoms with van der Waals surface area (Å²) in [5, 5.41) is 12.5. The van der Waals surface area contributed by atoms with E-state index < -0.39 is 28.7 Å². The molecule has 138 valence electrons. The van der Waals surface area contributed by atoms with Crippen molar-refractivity contribution < 1.29 is 14.7 Å². The highest BCUT2D eigenvalue weighted by Gasteiger charge is 2.41. The molecule has 0 bridgehead atoms. The van der Waals surface area contributed by atoms with Crippen LogP contribution in [0, 0.1) is 0 Å². The van der Waals surface area contributed by atoms with Gasteiger partial charge in [0.15, 0.2) is 0 Å². The van der Waals surface area contributed by atoms with Crippen LogP contribution in [-0.4, -0.2) is 43.6 Å². The second-order valence-corrected chi connectivity index (χ2v) is 7.42. The number of fused-ring (bicyclic) bond motifs is 1. The molecular formula is C17H19N3O5S. The van der Waals surface area contributed by atoms with Crippen LogP contribution in [0.1, 0.15) is 30.1 Å². The number of H-pyrrole nitrogens is 1. The van der Waals surface area contributed by atoms with Crippen molar-refractivity contribution in [1.29, 1.82) is 0 Å². The molecule has 26 heavy (non-hydrogen) atoms. The van der Waals surface area contributed by atoms with Crippen LogP contribution >= 0.6 is 11.8 Å². The summed E-state index contributed by atoms with van der Waals surface area (Å²) in [5.41, 5.74) is -1.81. The molecule has 0 spiro atoms. The zero-order valence-electron chi connectivity index (χ0n) is 14.2. The van der Waals surface area contributed by atoms with Gasteiger partial charge in [-0.15, -0.1) is 0 Å². The molecule has 3 N–H and O–H groups in total. The smallest absolute Gasteiger partial charge is 0.329 e. The van der Waals surface area contributed by atoms with Gasteiger partial charge in [0.2, 0.25) is 0 Å². The number of carbonyl (C=O) groups is 2. The lowest BCUT2D eigenvalue weighted by Gasteiger charge is -2.33. The Morgan fingerprint density at radius 3 is 2.62 bits per heavy atom. The zero-order valence-corrected chi connectivity index (χ0v) is 15.0. The number of carbonyl (C=O) groups excluding carboxylic acids is 1. The molecule has 0 aliphatic carbocycles. The Morgan fingerprint density at radius 2 is 2.00 bits per heavy atom. The first-order chi connectivity index (χ1) is 12.4. The van der Waals surface area contributed by atoms with Gasteiger partial charge in [0.1, 0.15) is 5.54 Å². The minimum absolute atomic E-state index is 0.195. The van der Waals surface area contributed by atoms with E-state index in [4.69, 9.17) is 0 Å². The highest BCUT2D eigenvalue weighted by atomic mass is 32.2. The number of benzene rings is 1. The fourth-order valence-electron chi connectivity index (χ4n) is 3.08. The van der Waals surface area contributed by atoms with Crippen LogP contribution in [0.5, 0.6) is 0 Å². The van der Waals surface area contributed by atoms with Crippen LogP contribution in [0.15, 0.2) is 27.8 Å². The molecule has 1 saturated heterocycles. The molecule has 0 atom stereocenters. The molecule has 1 fully saturated rings. The molecule has 2 heterocycles. The number of thioether (sulfide) groups is 1. The van der Waals surface area contributed by atoms with Gasteiger partial charge in [-0.2, -0.15) is 11.8 Å². The van der Waals surface area contributed by atoms with E-state index in [1.807, 2.05) is 0 Å². The molecule has 1 aliphatic rings. The number of carboxylic acid groups (broad SMARTS) is 1. The van der Waals surface area contributed by atoms with Crippen molar-refractivity contribution in [3.8, 4) is 0 Å². The third-order valence-electron chi connectivity index (χ3n) is 4.67. The summed E-state index contributed by atoms with van der Waals surface area (Å²) in [7, 11) is 0. The van der Waals surface area contributed by atoms with Crippen LogP contribution in [0.2, 0.25) is 0 Å². The van der Waals surface area contributed by atoms with E-state index in [1.54, 1.807) is 18.7 Å². The lowest BCUT2D eigenvalue weighted by atomic mass is 9.91. The number of carboxylic acids is 1. The Labute approximate surface area is 152 Å². The second-order valence-electron chi connectivity index (χ2n) is 6.19. The fourth-order valence-corrected chi connectivity index (χ4v) is 4.27. The zero-order chi connectivity index (χ0) is 18.9. The number of hydrogen-bond acceptors (Lipinski definition) is 5. The Hall–Kier alpha value is -2.55. The van der Waals surface area contributed by atoms with Crippen molar-refractivity contribution in [3.05, 3.63) is 44.6 Å². The van der Waals surface area contributed by atoms with Gasteiger partial charge in [-0.3, -0.25) is 14.2 Å². The number of aromatic nitrogens is 2. The van der Waals surface area contributed by atoms with Gasteiger partial charge in [-0.05, 0) is 49.5 Å². The van der Waals surface area contributed by atoms with Gasteiger partial charge in [0.05, 0.1) is 10.9 Å². The third-order valence-corrected chi connectivity index (χ3v) is 5.65. The van der Waals surface area contributed by atoms with E-state index in [1.165, 1.54) is 18.2 Å². The van der Waals surface area contributed by atoms with Crippen LogP contribution in [-0.2, 0) is 11.3 Å². The minimum Gasteiger partial charge on any atom is -0.480 e. The maximum absolute atomic E-state index is 12.6. The van der Waals surface area contributed by atoms with Crippen molar-refractivity contribution in [2.75, 3.05) is 11.5 Å². The van der Waals surface area contributed by atoms with Gasteiger partial charge in [-0.25, -0.2) is 9.59 Å². The van der Waals surface area contributed by atoms with Crippen LogP contribution in [0.4, 0.5) is 0 Å². The first-order valence-electron chi connectivity index (χ1n) is 8.28. The molecule has 2 aromatic rings. The van der Waals surface area contributed by atoms with Gasteiger partial charge < -0.3 is 15.4 Å². The molecule has 9 heteroatoms. The normalized spacial score (nSPS) is 16.3. The lowest BCUT2D eigenvalue weighted by molar-refractivity contribution is -0.144. The Balaban J connectivity index is 1.97. The average molecular weight is 377 g/mol. The molecule has 0 radical (unpaired) electrons. The van der Waals surface area contributed by atoms with Gasteiger partial charge in [-0.1, -0.05) is 0 Å². The molecule has 1 aromatic heterocycles. The quantitative estimate of drug-likeness (QED) is 0.724. The number of nitrogens with one attached hydrogen (secondary N) is 2. The highest BCUT2D eigenvalue weighted by Crippen LogP contribution is 2.28. The summed E-state index contributed by atoms with van der Waals surface area (Å²) >= 11 is 1.65. The van der Waals surface area contributed by atoms with E-state index >= 15 is 0 Å². The Bertz CT molecular complexity index is 988. The van der Waals surface area contributed by atoms with Crippen molar-refractivity contribution in [2.45, 2.75) is 31.8 Å². The number of hydrogen-bond donors (Lipinski definition) is 3. The van der Waals surface area contributed by atoms with E-state index in [-0.39, 0.29) is 17.6 Å². The third kappa shape index (κ3) is 3.14. The van der Waals surface area contributed by atoms with E-state index in [2.05, 4.69) is 10.3 Å². The highest BCUT2D eigenvalue weighted by molar-refractivity contribution is 7.99. The Morgan fingerprint density at radius 1 is 1.31 bits per heavy atom. The summed E-state index contributed by atoms with van der Waals surface area (Å²) in [6, 6.07) is 4.34. The molecule has 3 rings (SSSR count). The second kappa shape index (κ2) is 6.99. The first kappa shape index (κ1) is 18.2. The Kier molecular flexibility index (Phi) is 4.90. The number of aliphatic carboxylic acids is 1. The number of rotatable bonds is 4. The predicted molar refractivity (Wildman–Crippen MR) is 98.9 cm³/mol. The SMILES string of the molecule is CCn1c(=O)[nH]c2cc(C(=O)NC3(C(=O)O)CCSCC3)ccc2c1=O. The standard InChI is InChI=1S/C17H19N3O5S/c1-2-20-14(22)11-4-3-10(9-12(11)18-16(20)25)13(21)19-17(15(23)24)5-7-26-8-6-17/h3-4,9H,2,5-8H2,1H3,(H,18,25)(H,19,21)(H,23,24). The van der Waals surface area contributed by atoms with Crippen molar-refractivity contribution in [2.24, 2.45) is 0 Å². The summed E-state index contributed by atoms with van der Waals surface area (Å²) in [6.45, 7) is 1.93. The molecular weight excluding hydrogens is 358 g/mol. The van der Waals surface area contributed by atoms with Crippen LogP contribution < -0.4 is 16.6 Å². The average Bonchev–Trinajstić information content (AvgIpc) is 2.62. The maximum Gasteiger partial charge on any atom is 0.329 e. The lowest BCUT2D eigenvalue weighted by Crippen LogP contribution is -2.56. The monoisotopic (exact) mass is 377 g/mol. The number of nitrogens with zero attached hydrogens (tertiary/aromatic N) is 1. The maximum atomic E-state index is 12.6. The largest absolute Gasteiger partial charge is 0.480 e. The van der Waals surface area contributed by atoms with Crippen LogP contribution in [0.25, 0.3) is 10.9 Å². The number of amides is 1. The molecule has 0 unspecified atom stereocenters. The molecule has 1 aliphatic heterocycles. The van der Waals surface area contributed by atoms with Crippen molar-refractivity contribution in [3.63, 3.8) is 0 Å². The summed E-state index contributed by atoms with van der Waals surface area (Å²) in [6.07, 6.45) is 0.703. The predicted octanol–water partition coefficient (Wildman–Crippen LogP) is 0.790. The van der Waals surface area contributed by atoms with Crippen LogP contribution in [0.3, 0.4) is 0 Å².